The number of pyridine rings is 1. The quantitative estimate of drug-likeness (QED) is 0.764. The van der Waals surface area contributed by atoms with Crippen molar-refractivity contribution in [1.82, 2.24) is 24.5 Å². The van der Waals surface area contributed by atoms with Gasteiger partial charge in [0.05, 0.1) is 23.0 Å². The average molecular weight is 355 g/mol. The van der Waals surface area contributed by atoms with Crippen molar-refractivity contribution in [3.63, 3.8) is 0 Å². The zero-order valence-corrected chi connectivity index (χ0v) is 14.3. The Morgan fingerprint density at radius 3 is 3.00 bits per heavy atom. The molecule has 1 unspecified atom stereocenters. The molecule has 134 valence electrons. The number of aryl methyl sites for hydroxylation is 1. The SMILES string of the molecule is Cc1nc2cc(C3CCCCN3C(=O)c3cccnc3)[nH]n2c(=O)c1F. The van der Waals surface area contributed by atoms with E-state index in [0.29, 0.717) is 23.4 Å². The number of nitrogens with zero attached hydrogens (tertiary/aromatic N) is 4. The fourth-order valence-electron chi connectivity index (χ4n) is 3.46. The molecule has 7 nitrogen and oxygen atoms in total. The van der Waals surface area contributed by atoms with Crippen LogP contribution in [0.15, 0.2) is 35.4 Å². The Balaban J connectivity index is 1.75. The first-order chi connectivity index (χ1) is 12.6. The van der Waals surface area contributed by atoms with Gasteiger partial charge in [0.15, 0.2) is 5.65 Å². The molecule has 1 amide bonds. The van der Waals surface area contributed by atoms with E-state index in [1.807, 2.05) is 0 Å². The van der Waals surface area contributed by atoms with Crippen molar-refractivity contribution in [3.05, 3.63) is 63.7 Å². The summed E-state index contributed by atoms with van der Waals surface area (Å²) < 4.78 is 14.9. The van der Waals surface area contributed by atoms with Gasteiger partial charge in [-0.2, -0.15) is 8.91 Å². The molecular weight excluding hydrogens is 337 g/mol. The van der Waals surface area contributed by atoms with Gasteiger partial charge in [-0.05, 0) is 38.3 Å². The summed E-state index contributed by atoms with van der Waals surface area (Å²) in [6.07, 6.45) is 5.80. The van der Waals surface area contributed by atoms with Gasteiger partial charge in [-0.25, -0.2) is 4.98 Å². The van der Waals surface area contributed by atoms with E-state index in [0.717, 1.165) is 23.8 Å². The monoisotopic (exact) mass is 355 g/mol. The van der Waals surface area contributed by atoms with E-state index in [4.69, 9.17) is 0 Å². The fourth-order valence-corrected chi connectivity index (χ4v) is 3.46. The Bertz CT molecular complexity index is 1030. The third-order valence-electron chi connectivity index (χ3n) is 4.78. The smallest absolute Gasteiger partial charge is 0.308 e. The molecule has 0 aromatic carbocycles. The van der Waals surface area contributed by atoms with E-state index in [9.17, 15) is 14.0 Å². The van der Waals surface area contributed by atoms with Crippen LogP contribution in [0.5, 0.6) is 0 Å². The van der Waals surface area contributed by atoms with Crippen LogP contribution in [-0.4, -0.2) is 36.9 Å². The number of hydrogen-bond donors (Lipinski definition) is 1. The number of H-pyrrole nitrogens is 1. The van der Waals surface area contributed by atoms with E-state index in [-0.39, 0.29) is 17.6 Å². The molecule has 0 saturated carbocycles. The third kappa shape index (κ3) is 2.67. The molecule has 4 heterocycles. The van der Waals surface area contributed by atoms with Gasteiger partial charge in [0.25, 0.3) is 5.91 Å². The van der Waals surface area contributed by atoms with E-state index in [1.54, 1.807) is 35.5 Å². The van der Waals surface area contributed by atoms with Gasteiger partial charge < -0.3 is 4.90 Å². The van der Waals surface area contributed by atoms with Crippen LogP contribution in [0.4, 0.5) is 4.39 Å². The minimum atomic E-state index is -0.872. The second-order valence-electron chi connectivity index (χ2n) is 6.47. The molecule has 0 spiro atoms. The van der Waals surface area contributed by atoms with E-state index < -0.39 is 11.4 Å². The molecule has 4 rings (SSSR count). The predicted molar refractivity (Wildman–Crippen MR) is 92.4 cm³/mol. The molecule has 3 aromatic rings. The lowest BCUT2D eigenvalue weighted by Gasteiger charge is -2.35. The van der Waals surface area contributed by atoms with E-state index >= 15 is 0 Å². The number of hydrogen-bond acceptors (Lipinski definition) is 4. The van der Waals surface area contributed by atoms with Gasteiger partial charge in [-0.3, -0.25) is 19.7 Å². The molecule has 3 aromatic heterocycles. The van der Waals surface area contributed by atoms with Crippen molar-refractivity contribution in [3.8, 4) is 0 Å². The van der Waals surface area contributed by atoms with Gasteiger partial charge in [0.1, 0.15) is 0 Å². The molecular formula is C18H18FN5O2. The van der Waals surface area contributed by atoms with Crippen molar-refractivity contribution < 1.29 is 9.18 Å². The van der Waals surface area contributed by atoms with Gasteiger partial charge in [-0.1, -0.05) is 0 Å². The molecule has 1 fully saturated rings. The number of carbonyl (C=O) groups is 1. The number of likely N-dealkylation sites (tertiary alicyclic amines) is 1. The zero-order chi connectivity index (χ0) is 18.3. The summed E-state index contributed by atoms with van der Waals surface area (Å²) in [5, 5.41) is 2.93. The Labute approximate surface area is 148 Å². The summed E-state index contributed by atoms with van der Waals surface area (Å²) in [5.74, 6) is -0.980. The van der Waals surface area contributed by atoms with Gasteiger partial charge in [-0.15, -0.1) is 0 Å². The zero-order valence-electron chi connectivity index (χ0n) is 14.3. The van der Waals surface area contributed by atoms with Crippen LogP contribution in [0.3, 0.4) is 0 Å². The Morgan fingerprint density at radius 1 is 1.38 bits per heavy atom. The number of nitrogens with one attached hydrogen (secondary N) is 1. The largest absolute Gasteiger partial charge is 0.330 e. The number of rotatable bonds is 2. The Hall–Kier alpha value is -3.03. The van der Waals surface area contributed by atoms with Crippen LogP contribution in [0, 0.1) is 12.7 Å². The number of piperidine rings is 1. The molecule has 1 aliphatic heterocycles. The maximum atomic E-state index is 13.9. The maximum Gasteiger partial charge on any atom is 0.308 e. The maximum absolute atomic E-state index is 13.9. The summed E-state index contributed by atoms with van der Waals surface area (Å²) in [6, 6.07) is 4.95. The lowest BCUT2D eigenvalue weighted by atomic mass is 9.98. The summed E-state index contributed by atoms with van der Waals surface area (Å²) in [4.78, 5) is 34.9. The van der Waals surface area contributed by atoms with Crippen LogP contribution in [0.1, 0.15) is 47.1 Å². The van der Waals surface area contributed by atoms with Crippen molar-refractivity contribution in [2.75, 3.05) is 6.54 Å². The first-order valence-corrected chi connectivity index (χ1v) is 8.55. The van der Waals surface area contributed by atoms with Crippen LogP contribution < -0.4 is 5.56 Å². The highest BCUT2D eigenvalue weighted by Gasteiger charge is 2.30. The summed E-state index contributed by atoms with van der Waals surface area (Å²) in [7, 11) is 0. The molecule has 1 aliphatic rings. The van der Waals surface area contributed by atoms with Gasteiger partial charge in [0, 0.05) is 25.0 Å². The Kier molecular flexibility index (Phi) is 4.02. The molecule has 0 aliphatic carbocycles. The molecule has 0 radical (unpaired) electrons. The average Bonchev–Trinajstić information content (AvgIpc) is 3.10. The second-order valence-corrected chi connectivity index (χ2v) is 6.47. The Morgan fingerprint density at radius 2 is 2.23 bits per heavy atom. The molecule has 1 saturated heterocycles. The van der Waals surface area contributed by atoms with Crippen LogP contribution >= 0.6 is 0 Å². The number of aromatic amines is 1. The minimum Gasteiger partial charge on any atom is -0.330 e. The van der Waals surface area contributed by atoms with Crippen LogP contribution in [0.2, 0.25) is 0 Å². The number of halogens is 1. The van der Waals surface area contributed by atoms with E-state index in [2.05, 4.69) is 15.1 Å². The number of fused-ring (bicyclic) bond motifs is 1. The normalized spacial score (nSPS) is 17.6. The highest BCUT2D eigenvalue weighted by Crippen LogP contribution is 2.31. The molecule has 0 bridgehead atoms. The number of carbonyl (C=O) groups excluding carboxylic acids is 1. The van der Waals surface area contributed by atoms with Crippen LogP contribution in [-0.2, 0) is 0 Å². The standard InChI is InChI=1S/C18H18FN5O2/c1-11-16(19)18(26)24-15(21-11)9-13(22-24)14-6-2-3-8-23(14)17(25)12-5-4-7-20-10-12/h4-5,7,9-10,14,22H,2-3,6,8H2,1H3. The van der Waals surface area contributed by atoms with Gasteiger partial charge in [0.2, 0.25) is 5.82 Å². The highest BCUT2D eigenvalue weighted by molar-refractivity contribution is 5.94. The summed E-state index contributed by atoms with van der Waals surface area (Å²) in [5.41, 5.74) is 0.847. The lowest BCUT2D eigenvalue weighted by molar-refractivity contribution is 0.0605. The third-order valence-corrected chi connectivity index (χ3v) is 4.78. The van der Waals surface area contributed by atoms with Crippen molar-refractivity contribution in [2.24, 2.45) is 0 Å². The number of aromatic nitrogens is 4. The molecule has 1 atom stereocenters. The summed E-state index contributed by atoms with van der Waals surface area (Å²) >= 11 is 0. The lowest BCUT2D eigenvalue weighted by Crippen LogP contribution is -2.38. The predicted octanol–water partition coefficient (Wildman–Crippen LogP) is 2.23. The first kappa shape index (κ1) is 16.4. The second kappa shape index (κ2) is 6.36. The molecule has 8 heteroatoms. The fraction of sp³-hybridized carbons (Fsp3) is 0.333. The van der Waals surface area contributed by atoms with E-state index in [1.165, 1.54) is 6.92 Å². The molecule has 26 heavy (non-hydrogen) atoms. The first-order valence-electron chi connectivity index (χ1n) is 8.55. The van der Waals surface area contributed by atoms with Crippen LogP contribution in [0.25, 0.3) is 5.65 Å². The van der Waals surface area contributed by atoms with Gasteiger partial charge >= 0.3 is 5.56 Å². The van der Waals surface area contributed by atoms with Crippen molar-refractivity contribution in [1.29, 1.82) is 0 Å². The van der Waals surface area contributed by atoms with Crippen molar-refractivity contribution >= 4 is 11.6 Å². The number of amides is 1. The highest BCUT2D eigenvalue weighted by atomic mass is 19.1. The van der Waals surface area contributed by atoms with Crippen molar-refractivity contribution in [2.45, 2.75) is 32.2 Å². The summed E-state index contributed by atoms with van der Waals surface area (Å²) in [6.45, 7) is 2.08. The minimum absolute atomic E-state index is 0.0625. The topological polar surface area (TPSA) is 83.4 Å². The molecule has 1 N–H and O–H groups in total.